The van der Waals surface area contributed by atoms with Crippen LogP contribution in [-0.2, 0) is 7.05 Å². The molecular weight excluding hydrogens is 540 g/mol. The van der Waals surface area contributed by atoms with Crippen molar-refractivity contribution < 1.29 is 13.5 Å². The minimum Gasteiger partial charge on any atom is -0.480 e. The van der Waals surface area contributed by atoms with Crippen LogP contribution in [0.3, 0.4) is 0 Å². The summed E-state index contributed by atoms with van der Waals surface area (Å²) in [5.74, 6) is -1.84. The Bertz CT molecular complexity index is 1510. The van der Waals surface area contributed by atoms with Gasteiger partial charge in [-0.25, -0.2) is 13.8 Å². The third kappa shape index (κ3) is 4.94. The Morgan fingerprint density at radius 2 is 2.02 bits per heavy atom. The molecule has 0 amide bonds. The van der Waals surface area contributed by atoms with Gasteiger partial charge in [0.1, 0.15) is 5.02 Å². The summed E-state index contributed by atoms with van der Waals surface area (Å²) in [5, 5.41) is 7.25. The number of alkyl halides is 2. The molecule has 1 saturated carbocycles. The lowest BCUT2D eigenvalue weighted by Gasteiger charge is -2.39. The predicted octanol–water partition coefficient (Wildman–Crippen LogP) is 4.72. The number of nitrogens with zero attached hydrogens (tertiary/aromatic N) is 5. The quantitative estimate of drug-likeness (QED) is 0.453. The van der Waals surface area contributed by atoms with Crippen molar-refractivity contribution in [1.82, 2.24) is 19.4 Å². The van der Waals surface area contributed by atoms with E-state index in [1.807, 2.05) is 6.07 Å². The average molecular weight is 574 g/mol. The molecule has 3 aliphatic rings. The fourth-order valence-corrected chi connectivity index (χ4v) is 6.02. The maximum absolute atomic E-state index is 15.0. The van der Waals surface area contributed by atoms with Crippen molar-refractivity contribution in [2.45, 2.75) is 44.2 Å². The molecule has 2 N–H and O–H groups in total. The van der Waals surface area contributed by atoms with Crippen LogP contribution in [0.25, 0.3) is 10.9 Å². The molecule has 2 fully saturated rings. The van der Waals surface area contributed by atoms with Crippen LogP contribution >= 0.6 is 11.6 Å². The molecule has 1 aromatic carbocycles. The lowest BCUT2D eigenvalue weighted by atomic mass is 9.95. The number of aromatic nitrogens is 3. The Hall–Kier alpha value is -3.18. The van der Waals surface area contributed by atoms with Gasteiger partial charge in [0, 0.05) is 37.3 Å². The van der Waals surface area contributed by atoms with Gasteiger partial charge in [-0.05, 0) is 63.4 Å². The first-order chi connectivity index (χ1) is 19.0. The number of anilines is 4. The maximum atomic E-state index is 15.0. The molecule has 0 radical (unpaired) electrons. The van der Waals surface area contributed by atoms with Crippen LogP contribution in [0, 0.1) is 11.8 Å². The van der Waals surface area contributed by atoms with Crippen molar-refractivity contribution in [2.75, 3.05) is 49.3 Å². The van der Waals surface area contributed by atoms with E-state index >= 15 is 0 Å². The molecule has 40 heavy (non-hydrogen) atoms. The molecule has 3 aromatic rings. The molecule has 12 heteroatoms. The number of piperidine rings is 1. The molecule has 0 spiro atoms. The van der Waals surface area contributed by atoms with Crippen LogP contribution in [0.5, 0.6) is 5.75 Å². The lowest BCUT2D eigenvalue weighted by Crippen LogP contribution is -2.48. The lowest BCUT2D eigenvalue weighted by molar-refractivity contribution is -0.0579. The van der Waals surface area contributed by atoms with Crippen molar-refractivity contribution in [3.8, 4) is 5.75 Å². The number of benzene rings is 1. The van der Waals surface area contributed by atoms with Gasteiger partial charge in [0.05, 0.1) is 23.4 Å². The number of nitrogens with one attached hydrogen (secondary N) is 2. The zero-order chi connectivity index (χ0) is 28.3. The third-order valence-corrected chi connectivity index (χ3v) is 8.53. The van der Waals surface area contributed by atoms with Crippen LogP contribution in [0.15, 0.2) is 29.2 Å². The summed E-state index contributed by atoms with van der Waals surface area (Å²) in [5.41, 5.74) is 1.07. The van der Waals surface area contributed by atoms with E-state index < -0.39 is 24.1 Å². The Kier molecular flexibility index (Phi) is 6.77. The zero-order valence-electron chi connectivity index (χ0n) is 23.0. The second-order valence-electron chi connectivity index (χ2n) is 11.7. The summed E-state index contributed by atoms with van der Waals surface area (Å²) in [4.78, 5) is 26.7. The minimum absolute atomic E-state index is 0.0907. The number of pyridine rings is 1. The largest absolute Gasteiger partial charge is 0.480 e. The summed E-state index contributed by atoms with van der Waals surface area (Å²) >= 11 is 6.51. The van der Waals surface area contributed by atoms with Crippen LogP contribution in [-0.4, -0.2) is 71.2 Å². The fraction of sp³-hybridized carbons (Fsp3) is 0.536. The van der Waals surface area contributed by atoms with E-state index in [1.54, 1.807) is 25.4 Å². The van der Waals surface area contributed by atoms with E-state index in [0.717, 1.165) is 32.4 Å². The van der Waals surface area contributed by atoms with Gasteiger partial charge >= 0.3 is 5.92 Å². The Labute approximate surface area is 236 Å². The topological polar surface area (TPSA) is 87.5 Å². The number of hydrogen-bond acceptors (Lipinski definition) is 8. The summed E-state index contributed by atoms with van der Waals surface area (Å²) in [6, 6.07) is 4.68. The molecule has 3 atom stereocenters. The Morgan fingerprint density at radius 3 is 2.75 bits per heavy atom. The highest BCUT2D eigenvalue weighted by atomic mass is 35.5. The van der Waals surface area contributed by atoms with Gasteiger partial charge in [-0.15, -0.1) is 0 Å². The first kappa shape index (κ1) is 27.0. The van der Waals surface area contributed by atoms with Crippen LogP contribution in [0.4, 0.5) is 31.9 Å². The molecule has 214 valence electrons. The monoisotopic (exact) mass is 573 g/mol. The number of hydrogen-bond donors (Lipinski definition) is 2. The molecule has 9 nitrogen and oxygen atoms in total. The van der Waals surface area contributed by atoms with E-state index in [4.69, 9.17) is 21.3 Å². The van der Waals surface area contributed by atoms with E-state index in [2.05, 4.69) is 46.4 Å². The molecule has 6 rings (SSSR count). The Morgan fingerprint density at radius 1 is 1.25 bits per heavy atom. The van der Waals surface area contributed by atoms with Gasteiger partial charge in [0.2, 0.25) is 11.7 Å². The van der Waals surface area contributed by atoms with E-state index in [9.17, 15) is 13.6 Å². The van der Waals surface area contributed by atoms with Crippen LogP contribution < -0.4 is 25.8 Å². The molecule has 1 aliphatic carbocycles. The van der Waals surface area contributed by atoms with E-state index in [0.29, 0.717) is 51.0 Å². The minimum atomic E-state index is -3.10. The summed E-state index contributed by atoms with van der Waals surface area (Å²) in [7, 11) is 5.78. The number of ether oxygens (including phenoxy) is 1. The van der Waals surface area contributed by atoms with Crippen molar-refractivity contribution in [1.29, 1.82) is 0 Å². The van der Waals surface area contributed by atoms with Crippen molar-refractivity contribution >= 4 is 45.6 Å². The molecular formula is C28H34ClF2N7O2. The summed E-state index contributed by atoms with van der Waals surface area (Å²) < 4.78 is 36.8. The molecule has 0 unspecified atom stereocenters. The highest BCUT2D eigenvalue weighted by Gasteiger charge is 2.51. The fourth-order valence-electron chi connectivity index (χ4n) is 5.88. The zero-order valence-corrected chi connectivity index (χ0v) is 23.8. The second kappa shape index (κ2) is 10.0. The number of halogens is 3. The van der Waals surface area contributed by atoms with E-state index in [1.165, 1.54) is 4.57 Å². The predicted molar refractivity (Wildman–Crippen MR) is 154 cm³/mol. The molecule has 2 aliphatic heterocycles. The van der Waals surface area contributed by atoms with Gasteiger partial charge < -0.3 is 29.7 Å². The number of likely N-dealkylation sites (N-methyl/N-ethyl adjacent to an activating group) is 1. The first-order valence-corrected chi connectivity index (χ1v) is 14.0. The normalized spacial score (nSPS) is 24.3. The van der Waals surface area contributed by atoms with Crippen LogP contribution in [0.1, 0.15) is 26.2 Å². The van der Waals surface area contributed by atoms with Crippen molar-refractivity contribution in [3.05, 3.63) is 39.8 Å². The molecule has 2 aromatic heterocycles. The number of rotatable bonds is 5. The van der Waals surface area contributed by atoms with Gasteiger partial charge in [-0.2, -0.15) is 4.98 Å². The second-order valence-corrected chi connectivity index (χ2v) is 12.1. The first-order valence-electron chi connectivity index (χ1n) is 13.7. The number of fused-ring (bicyclic) bond motifs is 3. The molecule has 4 heterocycles. The smallest absolute Gasteiger partial charge is 0.301 e. The average Bonchev–Trinajstić information content (AvgIpc) is 3.75. The summed E-state index contributed by atoms with van der Waals surface area (Å²) in [6.07, 6.45) is 4.14. The van der Waals surface area contributed by atoms with Crippen LogP contribution in [0.2, 0.25) is 5.02 Å². The van der Waals surface area contributed by atoms with Crippen molar-refractivity contribution in [2.24, 2.45) is 18.9 Å². The molecule has 0 bridgehead atoms. The van der Waals surface area contributed by atoms with E-state index in [-0.39, 0.29) is 11.7 Å². The SMILES string of the molecule is C[C@H]1C[C@@H](N(C)C)CN(c2ncc(Cl)c(Nc3ccc4c(c3)c3c(c(=O)n4C)OCC(F)(F)[C@H](C4CC4)N3)n2)C1. The van der Waals surface area contributed by atoms with Gasteiger partial charge in [0.25, 0.3) is 5.56 Å². The van der Waals surface area contributed by atoms with Gasteiger partial charge in [0.15, 0.2) is 12.4 Å². The molecule has 1 saturated heterocycles. The third-order valence-electron chi connectivity index (χ3n) is 8.26. The van der Waals surface area contributed by atoms with Crippen molar-refractivity contribution in [3.63, 3.8) is 0 Å². The Balaban J connectivity index is 1.36. The number of aryl methyl sites for hydroxylation is 1. The highest BCUT2D eigenvalue weighted by Crippen LogP contribution is 2.45. The maximum Gasteiger partial charge on any atom is 0.301 e. The standard InChI is InChI=1S/C28H34ClF2N7O2/c1-15-9-18(36(2)3)13-38(12-15)27-32-11-20(29)25(35-27)33-17-7-8-21-19(10-17)22-23(26(39)37(21)4)40-14-28(30,31)24(34-22)16-5-6-16/h7-8,10-11,15-16,18,24,34H,5-6,9,12-14H2,1-4H3,(H,32,33,35)/t15-,18+,24-/m0/s1. The summed E-state index contributed by atoms with van der Waals surface area (Å²) in [6.45, 7) is 3.05. The van der Waals surface area contributed by atoms with Gasteiger partial charge in [-0.1, -0.05) is 18.5 Å². The highest BCUT2D eigenvalue weighted by molar-refractivity contribution is 6.33. The van der Waals surface area contributed by atoms with Gasteiger partial charge in [-0.3, -0.25) is 4.79 Å².